The van der Waals surface area contributed by atoms with Crippen LogP contribution < -0.4 is 15.4 Å². The molecule has 1 saturated carbocycles. The first-order valence-corrected chi connectivity index (χ1v) is 8.55. The van der Waals surface area contributed by atoms with Crippen molar-refractivity contribution in [1.29, 1.82) is 0 Å². The van der Waals surface area contributed by atoms with Gasteiger partial charge in [-0.2, -0.15) is 0 Å². The van der Waals surface area contributed by atoms with Crippen molar-refractivity contribution in [2.75, 3.05) is 13.1 Å². The summed E-state index contributed by atoms with van der Waals surface area (Å²) in [6.07, 6.45) is -0.0239. The minimum atomic E-state index is -0.0239. The van der Waals surface area contributed by atoms with Crippen LogP contribution in [0.4, 0.5) is 0 Å². The van der Waals surface area contributed by atoms with Gasteiger partial charge in [0.1, 0.15) is 11.9 Å². The maximum absolute atomic E-state index is 12.3. The number of carbonyl (C=O) groups is 1. The van der Waals surface area contributed by atoms with E-state index >= 15 is 0 Å². The number of amides is 1. The summed E-state index contributed by atoms with van der Waals surface area (Å²) < 4.78 is 5.95. The molecule has 2 aromatic rings. The van der Waals surface area contributed by atoms with Gasteiger partial charge in [0.25, 0.3) is 5.91 Å². The minimum Gasteiger partial charge on any atom is -0.486 e. The molecule has 2 aromatic carbocycles. The number of carbonyl (C=O) groups excluding carboxylic acids is 1. The first kappa shape index (κ1) is 15.2. The van der Waals surface area contributed by atoms with Gasteiger partial charge in [0.15, 0.2) is 0 Å². The summed E-state index contributed by atoms with van der Waals surface area (Å²) in [5, 5.41) is 6.47. The molecule has 1 aliphatic heterocycles. The van der Waals surface area contributed by atoms with Gasteiger partial charge in [-0.1, -0.05) is 30.3 Å². The normalized spacial score (nSPS) is 25.6. The smallest absolute Gasteiger partial charge is 0.251 e. The first-order valence-electron chi connectivity index (χ1n) is 8.55. The molecule has 2 fully saturated rings. The highest BCUT2D eigenvalue weighted by molar-refractivity contribution is 5.94. The third-order valence-corrected chi connectivity index (χ3v) is 5.09. The third-order valence-electron chi connectivity index (χ3n) is 5.09. The van der Waals surface area contributed by atoms with Crippen molar-refractivity contribution in [3.63, 3.8) is 0 Å². The van der Waals surface area contributed by atoms with Crippen molar-refractivity contribution in [1.82, 2.24) is 10.6 Å². The van der Waals surface area contributed by atoms with E-state index in [1.807, 2.05) is 61.5 Å². The van der Waals surface area contributed by atoms with Crippen molar-refractivity contribution in [2.45, 2.75) is 19.1 Å². The van der Waals surface area contributed by atoms with E-state index in [1.165, 1.54) is 0 Å². The summed E-state index contributed by atoms with van der Waals surface area (Å²) in [6.45, 7) is 4.08. The van der Waals surface area contributed by atoms with Crippen molar-refractivity contribution >= 4 is 5.91 Å². The molecule has 24 heavy (non-hydrogen) atoms. The first-order chi connectivity index (χ1) is 11.7. The number of benzene rings is 2. The topological polar surface area (TPSA) is 50.4 Å². The lowest BCUT2D eigenvalue weighted by atomic mass is 10.1. The highest BCUT2D eigenvalue weighted by Gasteiger charge is 2.53. The number of hydrogen-bond acceptors (Lipinski definition) is 3. The van der Waals surface area contributed by atoms with Gasteiger partial charge in [0.2, 0.25) is 0 Å². The van der Waals surface area contributed by atoms with E-state index in [4.69, 9.17) is 4.74 Å². The van der Waals surface area contributed by atoms with Crippen LogP contribution in [-0.2, 0) is 0 Å². The summed E-state index contributed by atoms with van der Waals surface area (Å²) >= 11 is 0. The Bertz CT molecular complexity index is 704. The van der Waals surface area contributed by atoms with Gasteiger partial charge < -0.3 is 15.4 Å². The molecule has 1 amide bonds. The van der Waals surface area contributed by atoms with Crippen LogP contribution in [0.5, 0.6) is 5.75 Å². The lowest BCUT2D eigenvalue weighted by molar-refractivity contribution is 0.0946. The van der Waals surface area contributed by atoms with Crippen LogP contribution in [-0.4, -0.2) is 25.0 Å². The number of nitrogens with one attached hydrogen (secondary N) is 2. The average Bonchev–Trinajstić information content (AvgIpc) is 3.04. The maximum atomic E-state index is 12.3. The molecule has 1 aliphatic carbocycles. The minimum absolute atomic E-state index is 0.0112. The zero-order valence-electron chi connectivity index (χ0n) is 13.7. The Labute approximate surface area is 142 Å². The predicted molar refractivity (Wildman–Crippen MR) is 93.0 cm³/mol. The monoisotopic (exact) mass is 322 g/mol. The molecular weight excluding hydrogens is 300 g/mol. The van der Waals surface area contributed by atoms with E-state index < -0.39 is 0 Å². The second-order valence-corrected chi connectivity index (χ2v) is 6.68. The Hall–Kier alpha value is -2.33. The number of rotatable bonds is 5. The molecule has 4 nitrogen and oxygen atoms in total. The fourth-order valence-electron chi connectivity index (χ4n) is 3.55. The molecule has 4 rings (SSSR count). The van der Waals surface area contributed by atoms with E-state index in [2.05, 4.69) is 10.6 Å². The van der Waals surface area contributed by atoms with Crippen LogP contribution in [0.1, 0.15) is 28.9 Å². The third kappa shape index (κ3) is 3.02. The Balaban J connectivity index is 1.35. The number of fused-ring (bicyclic) bond motifs is 1. The van der Waals surface area contributed by atoms with E-state index in [1.54, 1.807) is 0 Å². The van der Waals surface area contributed by atoms with Gasteiger partial charge in [-0.05, 0) is 48.6 Å². The van der Waals surface area contributed by atoms with Crippen molar-refractivity contribution in [3.8, 4) is 5.75 Å². The molecule has 0 radical (unpaired) electrons. The summed E-state index contributed by atoms with van der Waals surface area (Å²) in [4.78, 5) is 12.3. The van der Waals surface area contributed by atoms with Crippen LogP contribution in [0.25, 0.3) is 0 Å². The Morgan fingerprint density at radius 2 is 1.75 bits per heavy atom. The van der Waals surface area contributed by atoms with Crippen molar-refractivity contribution < 1.29 is 9.53 Å². The highest BCUT2D eigenvalue weighted by Crippen LogP contribution is 2.41. The summed E-state index contributed by atoms with van der Waals surface area (Å²) in [6, 6.07) is 17.9. The van der Waals surface area contributed by atoms with Crippen LogP contribution in [0, 0.1) is 11.8 Å². The van der Waals surface area contributed by atoms with Crippen LogP contribution in [0.15, 0.2) is 54.6 Å². The molecule has 1 saturated heterocycles. The van der Waals surface area contributed by atoms with Gasteiger partial charge in [0, 0.05) is 24.7 Å². The quantitative estimate of drug-likeness (QED) is 0.890. The van der Waals surface area contributed by atoms with Crippen molar-refractivity contribution in [3.05, 3.63) is 65.7 Å². The molecule has 2 N–H and O–H groups in total. The molecular formula is C20H22N2O2. The molecule has 0 aromatic heterocycles. The Kier molecular flexibility index (Phi) is 3.98. The predicted octanol–water partition coefficient (Wildman–Crippen LogP) is 2.77. The molecule has 0 spiro atoms. The molecule has 0 bridgehead atoms. The lowest BCUT2D eigenvalue weighted by Crippen LogP contribution is -2.32. The van der Waals surface area contributed by atoms with Crippen LogP contribution >= 0.6 is 0 Å². The summed E-state index contributed by atoms with van der Waals surface area (Å²) in [5.74, 6) is 2.04. The fourth-order valence-corrected chi connectivity index (χ4v) is 3.55. The summed E-state index contributed by atoms with van der Waals surface area (Å²) in [5.41, 5.74) is 1.82. The zero-order valence-corrected chi connectivity index (χ0v) is 13.7. The molecule has 4 heteroatoms. The molecule has 4 atom stereocenters. The highest BCUT2D eigenvalue weighted by atomic mass is 16.5. The summed E-state index contributed by atoms with van der Waals surface area (Å²) in [7, 11) is 0. The molecule has 124 valence electrons. The molecule has 2 aliphatic rings. The largest absolute Gasteiger partial charge is 0.486 e. The second kappa shape index (κ2) is 6.29. The van der Waals surface area contributed by atoms with Gasteiger partial charge >= 0.3 is 0 Å². The number of hydrogen-bond donors (Lipinski definition) is 2. The standard InChI is InChI=1S/C20H22N2O2/c1-13(14-5-3-2-4-6-14)24-16-9-7-15(8-10-16)20(23)22-19-17-11-21-12-18(17)19/h2-10,13,17-19,21H,11-12H2,1H3,(H,22,23)/t13?,17-,18+,19?. The van der Waals surface area contributed by atoms with E-state index in [9.17, 15) is 4.79 Å². The lowest BCUT2D eigenvalue weighted by Gasteiger charge is -2.15. The van der Waals surface area contributed by atoms with Gasteiger partial charge in [-0.3, -0.25) is 4.79 Å². The fraction of sp³-hybridized carbons (Fsp3) is 0.350. The van der Waals surface area contributed by atoms with E-state index in [0.717, 1.165) is 24.4 Å². The molecule has 1 heterocycles. The second-order valence-electron chi connectivity index (χ2n) is 6.68. The SMILES string of the molecule is CC(Oc1ccc(C(=O)NC2[C@H]3CNC[C@@H]23)cc1)c1ccccc1. The number of ether oxygens (including phenoxy) is 1. The van der Waals surface area contributed by atoms with Crippen molar-refractivity contribution in [2.24, 2.45) is 11.8 Å². The van der Waals surface area contributed by atoms with Crippen LogP contribution in [0.2, 0.25) is 0 Å². The Morgan fingerprint density at radius 3 is 2.42 bits per heavy atom. The van der Waals surface area contributed by atoms with E-state index in [0.29, 0.717) is 23.4 Å². The Morgan fingerprint density at radius 1 is 1.08 bits per heavy atom. The maximum Gasteiger partial charge on any atom is 0.251 e. The van der Waals surface area contributed by atoms with Gasteiger partial charge in [0.05, 0.1) is 0 Å². The molecule has 2 unspecified atom stereocenters. The average molecular weight is 322 g/mol. The van der Waals surface area contributed by atoms with E-state index in [-0.39, 0.29) is 12.0 Å². The number of piperidine rings is 1. The van der Waals surface area contributed by atoms with Crippen LogP contribution in [0.3, 0.4) is 0 Å². The zero-order chi connectivity index (χ0) is 16.5. The van der Waals surface area contributed by atoms with Gasteiger partial charge in [-0.15, -0.1) is 0 Å². The van der Waals surface area contributed by atoms with Gasteiger partial charge in [-0.25, -0.2) is 0 Å².